The van der Waals surface area contributed by atoms with Gasteiger partial charge in [0, 0.05) is 67.7 Å². The maximum absolute atomic E-state index is 7.41. The maximum Gasteiger partial charge on any atom is 0.159 e. The van der Waals surface area contributed by atoms with Crippen molar-refractivity contribution in [3.05, 3.63) is 277 Å². The van der Waals surface area contributed by atoms with E-state index in [1.165, 1.54) is 22.3 Å². The number of hydrogen-bond acceptors (Lipinski definition) is 5. The second-order valence-corrected chi connectivity index (χ2v) is 19.4. The SMILES string of the molecule is C1=CC2Oc3c(cccc3N(C3=CC4c5c(cc(N(c6ccc(-c7ccccc7)cc6)c6cccc7c6oc6ccccc67)c6ccccc56)OC4c4ccccc43)c3ccc(-c4ccccc4)cc3)C2C=C1. The maximum atomic E-state index is 7.41. The Morgan fingerprint density at radius 3 is 1.75 bits per heavy atom. The van der Waals surface area contributed by atoms with E-state index >= 15 is 0 Å². The van der Waals surface area contributed by atoms with E-state index in [9.17, 15) is 0 Å². The normalized spacial score (nSPS) is 17.8. The van der Waals surface area contributed by atoms with Crippen molar-refractivity contribution in [1.29, 1.82) is 0 Å². The van der Waals surface area contributed by atoms with Crippen LogP contribution < -0.4 is 19.3 Å². The molecule has 73 heavy (non-hydrogen) atoms. The van der Waals surface area contributed by atoms with Gasteiger partial charge >= 0.3 is 0 Å². The number of anilines is 5. The summed E-state index contributed by atoms with van der Waals surface area (Å²) in [6.45, 7) is 0. The Balaban J connectivity index is 0.930. The van der Waals surface area contributed by atoms with Crippen molar-refractivity contribution in [1.82, 2.24) is 0 Å². The summed E-state index contributed by atoms with van der Waals surface area (Å²) in [5.41, 5.74) is 17.1. The Kier molecular flexibility index (Phi) is 9.46. The van der Waals surface area contributed by atoms with Crippen LogP contribution in [0.3, 0.4) is 0 Å². The summed E-state index contributed by atoms with van der Waals surface area (Å²) in [4.78, 5) is 4.79. The van der Waals surface area contributed by atoms with Gasteiger partial charge in [0.2, 0.25) is 0 Å². The highest BCUT2D eigenvalue weighted by molar-refractivity contribution is 6.12. The molecule has 4 aliphatic rings. The smallest absolute Gasteiger partial charge is 0.159 e. The van der Waals surface area contributed by atoms with Gasteiger partial charge in [0.05, 0.1) is 22.8 Å². The summed E-state index contributed by atoms with van der Waals surface area (Å²) >= 11 is 0. The van der Waals surface area contributed by atoms with Crippen molar-refractivity contribution >= 4 is 66.8 Å². The van der Waals surface area contributed by atoms with Gasteiger partial charge in [0.25, 0.3) is 0 Å². The molecule has 4 unspecified atom stereocenters. The molecule has 10 aromatic carbocycles. The second-order valence-electron chi connectivity index (χ2n) is 19.4. The number of benzene rings is 10. The van der Waals surface area contributed by atoms with Crippen LogP contribution in [0.15, 0.2) is 259 Å². The van der Waals surface area contributed by atoms with Gasteiger partial charge in [-0.05, 0) is 82.3 Å². The molecule has 346 valence electrons. The average molecular weight is 939 g/mol. The molecule has 0 saturated heterocycles. The number of hydrogen-bond donors (Lipinski definition) is 0. The van der Waals surface area contributed by atoms with Crippen LogP contribution in [0.25, 0.3) is 60.7 Å². The van der Waals surface area contributed by atoms with E-state index in [2.05, 4.69) is 259 Å². The monoisotopic (exact) mass is 938 g/mol. The predicted octanol–water partition coefficient (Wildman–Crippen LogP) is 17.9. The first-order chi connectivity index (χ1) is 36.2. The summed E-state index contributed by atoms with van der Waals surface area (Å²) in [5.74, 6) is 1.81. The van der Waals surface area contributed by atoms with Crippen molar-refractivity contribution in [3.63, 3.8) is 0 Å². The molecule has 0 spiro atoms. The molecule has 0 fully saturated rings. The molecule has 4 atom stereocenters. The van der Waals surface area contributed by atoms with Crippen LogP contribution in [-0.4, -0.2) is 6.10 Å². The first kappa shape index (κ1) is 41.5. The van der Waals surface area contributed by atoms with E-state index in [1.54, 1.807) is 0 Å². The van der Waals surface area contributed by atoms with Gasteiger partial charge < -0.3 is 23.7 Å². The van der Waals surface area contributed by atoms with Crippen LogP contribution >= 0.6 is 0 Å². The third-order valence-corrected chi connectivity index (χ3v) is 15.4. The van der Waals surface area contributed by atoms with E-state index in [0.29, 0.717) is 0 Å². The Labute approximate surface area is 423 Å². The Morgan fingerprint density at radius 2 is 0.986 bits per heavy atom. The molecule has 2 aliphatic carbocycles. The van der Waals surface area contributed by atoms with E-state index < -0.39 is 0 Å². The third-order valence-electron chi connectivity index (χ3n) is 15.4. The zero-order valence-electron chi connectivity index (χ0n) is 39.7. The molecule has 5 heteroatoms. The fraction of sp³-hybridized carbons (Fsp3) is 0.0588. The topological polar surface area (TPSA) is 38.1 Å². The first-order valence-electron chi connectivity index (χ1n) is 25.2. The van der Waals surface area contributed by atoms with Crippen molar-refractivity contribution < 1.29 is 13.9 Å². The summed E-state index contributed by atoms with van der Waals surface area (Å²) in [5, 5.41) is 4.42. The predicted molar refractivity (Wildman–Crippen MR) is 298 cm³/mol. The van der Waals surface area contributed by atoms with Crippen LogP contribution in [0.5, 0.6) is 11.5 Å². The number of nitrogens with zero attached hydrogens (tertiary/aromatic N) is 2. The van der Waals surface area contributed by atoms with Gasteiger partial charge in [-0.25, -0.2) is 0 Å². The van der Waals surface area contributed by atoms with Crippen molar-refractivity contribution in [2.75, 3.05) is 9.80 Å². The van der Waals surface area contributed by atoms with Crippen LogP contribution in [0.2, 0.25) is 0 Å². The van der Waals surface area contributed by atoms with Crippen LogP contribution in [0, 0.1) is 0 Å². The minimum atomic E-state index is -0.260. The van der Waals surface area contributed by atoms with E-state index in [4.69, 9.17) is 13.9 Å². The lowest BCUT2D eigenvalue weighted by atomic mass is 9.80. The Hall–Kier alpha value is -9.32. The number of furan rings is 1. The third kappa shape index (κ3) is 6.62. The molecule has 2 aliphatic heterocycles. The second kappa shape index (κ2) is 16.6. The number of rotatable bonds is 8. The molecule has 5 nitrogen and oxygen atoms in total. The van der Waals surface area contributed by atoms with Crippen LogP contribution in [-0.2, 0) is 0 Å². The quantitative estimate of drug-likeness (QED) is 0.152. The van der Waals surface area contributed by atoms with Crippen LogP contribution in [0.4, 0.5) is 28.4 Å². The highest BCUT2D eigenvalue weighted by Gasteiger charge is 2.43. The summed E-state index contributed by atoms with van der Waals surface area (Å²) in [6, 6.07) is 80.4. The lowest BCUT2D eigenvalue weighted by Crippen LogP contribution is -2.24. The van der Waals surface area contributed by atoms with Gasteiger partial charge in [-0.2, -0.15) is 0 Å². The van der Waals surface area contributed by atoms with Gasteiger partial charge in [-0.3, -0.25) is 0 Å². The molecule has 0 radical (unpaired) electrons. The molecule has 0 bridgehead atoms. The molecule has 0 amide bonds. The lowest BCUT2D eigenvalue weighted by molar-refractivity contribution is 0.223. The van der Waals surface area contributed by atoms with Gasteiger partial charge in [0.1, 0.15) is 29.3 Å². The van der Waals surface area contributed by atoms with Crippen molar-refractivity contribution in [2.24, 2.45) is 0 Å². The average Bonchev–Trinajstić information content (AvgIpc) is 4.17. The molecule has 0 saturated carbocycles. The fourth-order valence-electron chi connectivity index (χ4n) is 12.0. The molecular formula is C68H46N2O3. The largest absolute Gasteiger partial charge is 0.484 e. The Morgan fingerprint density at radius 1 is 0.397 bits per heavy atom. The lowest BCUT2D eigenvalue weighted by Gasteiger charge is -2.35. The summed E-state index contributed by atoms with van der Waals surface area (Å²) in [6.07, 6.45) is 10.8. The van der Waals surface area contributed by atoms with E-state index in [0.717, 1.165) is 101 Å². The molecule has 15 rings (SSSR count). The molecule has 0 N–H and O–H groups in total. The van der Waals surface area contributed by atoms with E-state index in [1.807, 2.05) is 6.07 Å². The Bertz CT molecular complexity index is 4060. The minimum Gasteiger partial charge on any atom is -0.484 e. The van der Waals surface area contributed by atoms with Gasteiger partial charge in [0.15, 0.2) is 5.58 Å². The van der Waals surface area contributed by atoms with Crippen molar-refractivity contribution in [2.45, 2.75) is 24.0 Å². The van der Waals surface area contributed by atoms with Gasteiger partial charge in [-0.15, -0.1) is 0 Å². The highest BCUT2D eigenvalue weighted by atomic mass is 16.5. The summed E-state index contributed by atoms with van der Waals surface area (Å²) in [7, 11) is 0. The summed E-state index contributed by atoms with van der Waals surface area (Å²) < 4.78 is 21.2. The van der Waals surface area contributed by atoms with Crippen molar-refractivity contribution in [3.8, 4) is 33.8 Å². The highest BCUT2D eigenvalue weighted by Crippen LogP contribution is 2.59. The minimum absolute atomic E-state index is 0.0590. The van der Waals surface area contributed by atoms with Crippen LogP contribution in [0.1, 0.15) is 40.2 Å². The fourth-order valence-corrected chi connectivity index (χ4v) is 12.0. The van der Waals surface area contributed by atoms with Gasteiger partial charge in [-0.1, -0.05) is 194 Å². The zero-order chi connectivity index (χ0) is 48.0. The zero-order valence-corrected chi connectivity index (χ0v) is 39.7. The standard InChI is InChI=1S/C68H46N2O3/c1-3-17-43(18-4-1)45-33-37-47(38-34-45)69(58-29-15-27-55-51-23-11-13-31-62(51)71-67(55)58)60-41-57-65-53-25-9-7-21-49(53)61(42-64(65)73-66(57)54-26-10-8-22-50(54)60)70(48-39-35-46(36-40-48)44-19-5-2-6-20-44)59-30-16-28-56-52-24-12-14-32-63(52)72-68(56)59/h1-42,51,57,62,66H. The number of ether oxygens (including phenoxy) is 2. The molecule has 1 aromatic heterocycles. The first-order valence-corrected chi connectivity index (χ1v) is 25.2. The molecule has 3 heterocycles. The number of allylic oxidation sites excluding steroid dienone is 2. The number of para-hydroxylation sites is 3. The number of fused-ring (bicyclic) bond motifs is 13. The molecular weight excluding hydrogens is 893 g/mol. The van der Waals surface area contributed by atoms with E-state index in [-0.39, 0.29) is 24.0 Å². The molecule has 11 aromatic rings.